The monoisotopic (exact) mass is 814 g/mol. The van der Waals surface area contributed by atoms with Crippen molar-refractivity contribution in [3.8, 4) is 0 Å². The fourth-order valence-corrected chi connectivity index (χ4v) is 9.08. The number of nitrogens with zero attached hydrogens (tertiary/aromatic N) is 6. The zero-order valence-corrected chi connectivity index (χ0v) is 29.5. The molecule has 0 spiro atoms. The molecule has 3 unspecified atom stereocenters. The van der Waals surface area contributed by atoms with Gasteiger partial charge in [0.15, 0.2) is 23.7 Å². The number of phosphoric acid groups is 3. The van der Waals surface area contributed by atoms with Gasteiger partial charge in [-0.3, -0.25) is 42.4 Å². The number of phosphoric ester groups is 2. The molecular weight excluding hydrogens is 785 g/mol. The molecule has 6 rings (SSSR count). The Morgan fingerprint density at radius 1 is 0.906 bits per heavy atom. The van der Waals surface area contributed by atoms with E-state index < -0.39 is 96.9 Å². The summed E-state index contributed by atoms with van der Waals surface area (Å²) in [6, 6.07) is 0. The highest BCUT2D eigenvalue weighted by Gasteiger charge is 2.49. The smallest absolute Gasteiger partial charge is 0.313 e. The summed E-state index contributed by atoms with van der Waals surface area (Å²) in [5.74, 6) is -0.586. The fourth-order valence-electron chi connectivity index (χ4n) is 5.69. The second kappa shape index (κ2) is 14.3. The van der Waals surface area contributed by atoms with E-state index in [0.717, 1.165) is 18.0 Å². The Hall–Kier alpha value is -3.53. The van der Waals surface area contributed by atoms with Gasteiger partial charge in [-0.15, -0.1) is 0 Å². The number of rotatable bonds is 13. The SMILES string of the molecule is CO[C@H]1[C@H](O)[C@H]([n+]2cn(C)c3c(=O)[nH]c(N)nc32)O[C@@H]1COP(=O)([O-])OP(=O)([O-])OP(=O)([O-])OC[C@H]1O[C@@H](n2cnc3c(=O)[nH]c(N)nc32)[C@H](O)[C@@H]1O. The van der Waals surface area contributed by atoms with Crippen LogP contribution in [0.5, 0.6) is 0 Å². The average Bonchev–Trinajstić information content (AvgIpc) is 3.76. The van der Waals surface area contributed by atoms with Crippen LogP contribution in [-0.2, 0) is 52.6 Å². The molecule has 0 bridgehead atoms. The van der Waals surface area contributed by atoms with E-state index in [1.165, 1.54) is 22.5 Å². The lowest BCUT2D eigenvalue weighted by Crippen LogP contribution is -2.46. The third-order valence-corrected chi connectivity index (χ3v) is 12.0. The van der Waals surface area contributed by atoms with E-state index in [9.17, 15) is 53.3 Å². The third kappa shape index (κ3) is 7.85. The zero-order valence-electron chi connectivity index (χ0n) is 26.8. The van der Waals surface area contributed by atoms with Crippen molar-refractivity contribution in [3.63, 3.8) is 0 Å². The number of methoxy groups -OCH3 is 1. The minimum absolute atomic E-state index is 0.0294. The lowest BCUT2D eigenvalue weighted by atomic mass is 10.1. The molecular formula is C22H29N10O18P3-2. The molecule has 4 aromatic heterocycles. The molecule has 2 aliphatic heterocycles. The predicted molar refractivity (Wildman–Crippen MR) is 162 cm³/mol. The number of aryl methyl sites for hydroxylation is 1. The molecule has 31 heteroatoms. The van der Waals surface area contributed by atoms with Crippen molar-refractivity contribution < 1.29 is 80.1 Å². The number of nitrogens with one attached hydrogen (secondary N) is 2. The van der Waals surface area contributed by atoms with E-state index >= 15 is 0 Å². The van der Waals surface area contributed by atoms with Gasteiger partial charge in [0.1, 0.15) is 36.6 Å². The van der Waals surface area contributed by atoms with Crippen LogP contribution in [0.3, 0.4) is 0 Å². The van der Waals surface area contributed by atoms with Crippen LogP contribution in [0.4, 0.5) is 11.9 Å². The first-order chi connectivity index (χ1) is 24.7. The van der Waals surface area contributed by atoms with E-state index in [1.807, 2.05) is 0 Å². The number of ether oxygens (including phenoxy) is 3. The van der Waals surface area contributed by atoms with Crippen molar-refractivity contribution in [2.75, 3.05) is 31.8 Å². The summed E-state index contributed by atoms with van der Waals surface area (Å²) in [4.78, 5) is 77.8. The Bertz CT molecular complexity index is 2300. The number of hydrogen-bond donors (Lipinski definition) is 7. The van der Waals surface area contributed by atoms with Crippen LogP contribution in [0, 0.1) is 0 Å². The first-order valence-corrected chi connectivity index (χ1v) is 19.1. The third-order valence-electron chi connectivity index (χ3n) is 7.90. The number of anilines is 2. The maximum absolute atomic E-state index is 12.4. The summed E-state index contributed by atoms with van der Waals surface area (Å²) >= 11 is 0. The highest BCUT2D eigenvalue weighted by atomic mass is 31.3. The second-order valence-electron chi connectivity index (χ2n) is 11.4. The van der Waals surface area contributed by atoms with Crippen LogP contribution in [0.25, 0.3) is 22.3 Å². The summed E-state index contributed by atoms with van der Waals surface area (Å²) < 4.78 is 73.7. The Kier molecular flexibility index (Phi) is 10.6. The summed E-state index contributed by atoms with van der Waals surface area (Å²) in [5.41, 5.74) is 9.43. The van der Waals surface area contributed by atoms with Gasteiger partial charge < -0.3 is 64.7 Å². The van der Waals surface area contributed by atoms with Crippen molar-refractivity contribution in [2.45, 2.75) is 49.1 Å². The molecule has 2 saturated heterocycles. The van der Waals surface area contributed by atoms with Crippen molar-refractivity contribution >= 4 is 57.7 Å². The van der Waals surface area contributed by atoms with Crippen LogP contribution in [0.2, 0.25) is 0 Å². The van der Waals surface area contributed by atoms with Crippen molar-refractivity contribution in [2.24, 2.45) is 7.05 Å². The van der Waals surface area contributed by atoms with E-state index in [0.29, 0.717) is 0 Å². The molecule has 0 aromatic carbocycles. The van der Waals surface area contributed by atoms with Crippen LogP contribution in [-0.4, -0.2) is 106 Å². The molecule has 11 atom stereocenters. The second-order valence-corrected chi connectivity index (χ2v) is 15.9. The average molecular weight is 814 g/mol. The maximum Gasteiger partial charge on any atom is 0.313 e. The minimum atomic E-state index is -6.35. The van der Waals surface area contributed by atoms with Gasteiger partial charge >= 0.3 is 5.65 Å². The normalized spacial score (nSPS) is 29.7. The van der Waals surface area contributed by atoms with E-state index in [4.69, 9.17) is 25.7 Å². The first kappa shape index (κ1) is 39.2. The van der Waals surface area contributed by atoms with Gasteiger partial charge in [0.05, 0.1) is 26.6 Å². The summed E-state index contributed by atoms with van der Waals surface area (Å²) in [5, 5.41) is 31.8. The van der Waals surface area contributed by atoms with Gasteiger partial charge in [-0.25, -0.2) is 18.2 Å². The van der Waals surface area contributed by atoms with Crippen LogP contribution >= 0.6 is 23.5 Å². The highest BCUT2D eigenvalue weighted by molar-refractivity contribution is 7.65. The molecule has 4 aromatic rings. The van der Waals surface area contributed by atoms with Gasteiger partial charge in [0, 0.05) is 7.11 Å². The fraction of sp³-hybridized carbons (Fsp3) is 0.545. The molecule has 6 heterocycles. The topological polar surface area (TPSA) is 416 Å². The van der Waals surface area contributed by atoms with Crippen LogP contribution < -0.4 is 41.8 Å². The predicted octanol–water partition coefficient (Wildman–Crippen LogP) is -5.79. The van der Waals surface area contributed by atoms with Crippen molar-refractivity contribution in [3.05, 3.63) is 33.4 Å². The van der Waals surface area contributed by atoms with E-state index in [-0.39, 0.29) is 34.2 Å². The highest BCUT2D eigenvalue weighted by Crippen LogP contribution is 2.63. The van der Waals surface area contributed by atoms with Crippen LogP contribution in [0.1, 0.15) is 12.5 Å². The Morgan fingerprint density at radius 2 is 1.51 bits per heavy atom. The number of nitrogen functional groups attached to an aromatic ring is 2. The van der Waals surface area contributed by atoms with Gasteiger partial charge in [-0.05, 0) is 0 Å². The standard InChI is InChI=1S/C22H31N10O18P3/c1-30-6-32(16-10(30)18(37)29-22(24)27-16)20-13(35)14(44-2)8(48-20)4-46-52(40,41)50-53(42,43)49-51(38,39)45-3-7-11(33)12(34)19(47-7)31-5-25-9-15(31)26-21(23)28-17(9)36/h5-8,11-14,19-20,33-35H,3-4H2,1-2H3,(H8-,23,24,26,27,28,29,36,37,38,39,40,41,42,43)/p-2/t7-,8-,11-,12-,13+,14-,19-,20-/m1/s1. The van der Waals surface area contributed by atoms with Gasteiger partial charge in [0.25, 0.3) is 40.5 Å². The molecule has 0 radical (unpaired) electrons. The summed E-state index contributed by atoms with van der Waals surface area (Å²) in [7, 11) is -15.7. The van der Waals surface area contributed by atoms with Crippen LogP contribution in [0.15, 0.2) is 22.2 Å². The molecule has 9 N–H and O–H groups in total. The maximum atomic E-state index is 12.4. The number of fused-ring (bicyclic) bond motifs is 2. The molecule has 0 aliphatic carbocycles. The molecule has 0 saturated carbocycles. The summed E-state index contributed by atoms with van der Waals surface area (Å²) in [6.07, 6.45) is -10.2. The molecule has 0 amide bonds. The van der Waals surface area contributed by atoms with E-state index in [1.54, 1.807) is 0 Å². The quantitative estimate of drug-likeness (QED) is 0.0488. The molecule has 292 valence electrons. The molecule has 2 fully saturated rings. The number of hydrogen-bond acceptors (Lipinski definition) is 23. The Balaban J connectivity index is 1.06. The zero-order chi connectivity index (χ0) is 38.8. The van der Waals surface area contributed by atoms with Gasteiger partial charge in [-0.2, -0.15) is 4.98 Å². The van der Waals surface area contributed by atoms with E-state index in [2.05, 4.69) is 42.6 Å². The lowest BCUT2D eigenvalue weighted by molar-refractivity contribution is -0.745. The number of H-pyrrole nitrogens is 2. The lowest BCUT2D eigenvalue weighted by Gasteiger charge is -2.35. The number of aliphatic hydroxyl groups excluding tert-OH is 3. The molecule has 2 aliphatic rings. The number of aromatic nitrogens is 8. The van der Waals surface area contributed by atoms with Gasteiger partial charge in [-0.1, -0.05) is 4.98 Å². The van der Waals surface area contributed by atoms with Crippen molar-refractivity contribution in [1.29, 1.82) is 0 Å². The number of imidazole rings is 2. The molecule has 28 nitrogen and oxygen atoms in total. The number of nitrogens with two attached hydrogens (primary N) is 2. The first-order valence-electron chi connectivity index (χ1n) is 14.7. The summed E-state index contributed by atoms with van der Waals surface area (Å²) in [6.45, 7) is -2.24. The Morgan fingerprint density at radius 3 is 2.15 bits per heavy atom. The minimum Gasteiger partial charge on any atom is -0.756 e. The van der Waals surface area contributed by atoms with Gasteiger partial charge in [0.2, 0.25) is 17.7 Å². The molecule has 53 heavy (non-hydrogen) atoms. The number of aliphatic hydroxyl groups is 3. The van der Waals surface area contributed by atoms with Crippen molar-refractivity contribution in [1.82, 2.24) is 34.1 Å². The Labute approximate surface area is 293 Å². The number of aromatic amines is 2. The largest absolute Gasteiger partial charge is 0.756 e.